The molecule has 0 aromatic heterocycles. The van der Waals surface area contributed by atoms with Gasteiger partial charge in [0.2, 0.25) is 0 Å². The highest BCUT2D eigenvalue weighted by Crippen LogP contribution is 2.45. The zero-order chi connectivity index (χ0) is 12.8. The van der Waals surface area contributed by atoms with Crippen molar-refractivity contribution in [2.45, 2.75) is 63.3 Å². The molecule has 3 rings (SSSR count). The molecular formula is C16H22FN. The van der Waals surface area contributed by atoms with Gasteiger partial charge in [-0.2, -0.15) is 0 Å². The first-order valence-electron chi connectivity index (χ1n) is 7.09. The Kier molecular flexibility index (Phi) is 2.93. The Morgan fingerprint density at radius 3 is 2.56 bits per heavy atom. The maximum atomic E-state index is 14.1. The summed E-state index contributed by atoms with van der Waals surface area (Å²) < 4.78 is 14.1. The van der Waals surface area contributed by atoms with Crippen LogP contribution in [0.1, 0.15) is 45.1 Å². The van der Waals surface area contributed by atoms with E-state index in [0.717, 1.165) is 19.3 Å². The molecule has 1 nitrogen and oxygen atoms in total. The van der Waals surface area contributed by atoms with Crippen LogP contribution < -0.4 is 0 Å². The van der Waals surface area contributed by atoms with Crippen molar-refractivity contribution in [2.24, 2.45) is 0 Å². The predicted octanol–water partition coefficient (Wildman–Crippen LogP) is 3.89. The van der Waals surface area contributed by atoms with E-state index in [-0.39, 0.29) is 11.6 Å². The molecule has 0 spiro atoms. The average molecular weight is 247 g/mol. The van der Waals surface area contributed by atoms with Crippen LogP contribution >= 0.6 is 0 Å². The van der Waals surface area contributed by atoms with Crippen molar-refractivity contribution in [3.63, 3.8) is 0 Å². The highest BCUT2D eigenvalue weighted by Gasteiger charge is 2.49. The number of fused-ring (bicyclic) bond motifs is 2. The molecule has 1 aromatic rings. The molecule has 0 N–H and O–H groups in total. The van der Waals surface area contributed by atoms with Crippen LogP contribution in [0.2, 0.25) is 0 Å². The first-order valence-corrected chi connectivity index (χ1v) is 7.09. The Morgan fingerprint density at radius 2 is 1.89 bits per heavy atom. The van der Waals surface area contributed by atoms with Crippen molar-refractivity contribution in [1.82, 2.24) is 4.90 Å². The summed E-state index contributed by atoms with van der Waals surface area (Å²) in [5, 5.41) is 0. The number of nitrogens with zero attached hydrogens (tertiary/aromatic N) is 1. The SMILES string of the molecule is CC(C)(c1ccccc1)N1C2CCCC1C(F)C2. The third-order valence-corrected chi connectivity index (χ3v) is 4.83. The smallest absolute Gasteiger partial charge is 0.117 e. The lowest BCUT2D eigenvalue weighted by molar-refractivity contribution is 0.0184. The summed E-state index contributed by atoms with van der Waals surface area (Å²) in [6, 6.07) is 11.1. The van der Waals surface area contributed by atoms with Gasteiger partial charge in [0.15, 0.2) is 0 Å². The van der Waals surface area contributed by atoms with E-state index in [4.69, 9.17) is 0 Å². The molecular weight excluding hydrogens is 225 g/mol. The monoisotopic (exact) mass is 247 g/mol. The Morgan fingerprint density at radius 1 is 1.17 bits per heavy atom. The van der Waals surface area contributed by atoms with Gasteiger partial charge >= 0.3 is 0 Å². The molecule has 0 amide bonds. The van der Waals surface area contributed by atoms with Crippen LogP contribution in [0.4, 0.5) is 4.39 Å². The molecule has 2 aliphatic heterocycles. The number of rotatable bonds is 2. The normalized spacial score (nSPS) is 32.7. The predicted molar refractivity (Wildman–Crippen MR) is 72.2 cm³/mol. The van der Waals surface area contributed by atoms with Crippen molar-refractivity contribution in [3.05, 3.63) is 35.9 Å². The Balaban J connectivity index is 1.94. The fraction of sp³-hybridized carbons (Fsp3) is 0.625. The number of halogens is 1. The largest absolute Gasteiger partial charge is 0.285 e. The van der Waals surface area contributed by atoms with Gasteiger partial charge in [-0.3, -0.25) is 4.90 Å². The molecule has 2 saturated heterocycles. The number of alkyl halides is 1. The summed E-state index contributed by atoms with van der Waals surface area (Å²) in [6.07, 6.45) is 3.49. The van der Waals surface area contributed by atoms with Crippen molar-refractivity contribution in [1.29, 1.82) is 0 Å². The van der Waals surface area contributed by atoms with E-state index in [2.05, 4.69) is 43.0 Å². The number of hydrogen-bond acceptors (Lipinski definition) is 1. The second kappa shape index (κ2) is 4.34. The molecule has 3 unspecified atom stereocenters. The van der Waals surface area contributed by atoms with Crippen LogP contribution in [-0.2, 0) is 5.54 Å². The maximum Gasteiger partial charge on any atom is 0.117 e. The van der Waals surface area contributed by atoms with Gasteiger partial charge in [-0.1, -0.05) is 36.8 Å². The van der Waals surface area contributed by atoms with E-state index in [0.29, 0.717) is 6.04 Å². The molecule has 2 bridgehead atoms. The first-order chi connectivity index (χ1) is 8.60. The minimum absolute atomic E-state index is 0.0577. The second-order valence-corrected chi connectivity index (χ2v) is 6.24. The minimum Gasteiger partial charge on any atom is -0.285 e. The fourth-order valence-electron chi connectivity index (χ4n) is 3.98. The number of hydrogen-bond donors (Lipinski definition) is 0. The van der Waals surface area contributed by atoms with Crippen LogP contribution in [0.5, 0.6) is 0 Å². The van der Waals surface area contributed by atoms with Crippen LogP contribution in [0.25, 0.3) is 0 Å². The molecule has 0 radical (unpaired) electrons. The molecule has 0 saturated carbocycles. The molecule has 1 aromatic carbocycles. The molecule has 18 heavy (non-hydrogen) atoms. The summed E-state index contributed by atoms with van der Waals surface area (Å²) in [5.74, 6) is 0. The van der Waals surface area contributed by atoms with Crippen molar-refractivity contribution < 1.29 is 4.39 Å². The average Bonchev–Trinajstić information content (AvgIpc) is 2.58. The first kappa shape index (κ1) is 12.2. The zero-order valence-electron chi connectivity index (χ0n) is 11.3. The summed E-state index contributed by atoms with van der Waals surface area (Å²) in [5.41, 5.74) is 1.24. The van der Waals surface area contributed by atoms with Gasteiger partial charge in [0.1, 0.15) is 6.17 Å². The van der Waals surface area contributed by atoms with E-state index in [1.54, 1.807) is 0 Å². The van der Waals surface area contributed by atoms with Gasteiger partial charge in [0, 0.05) is 17.6 Å². The van der Waals surface area contributed by atoms with Crippen molar-refractivity contribution in [3.8, 4) is 0 Å². The molecule has 2 aliphatic rings. The highest BCUT2D eigenvalue weighted by atomic mass is 19.1. The van der Waals surface area contributed by atoms with Crippen LogP contribution in [-0.4, -0.2) is 23.2 Å². The summed E-state index contributed by atoms with van der Waals surface area (Å²) >= 11 is 0. The summed E-state index contributed by atoms with van der Waals surface area (Å²) in [7, 11) is 0. The quantitative estimate of drug-likeness (QED) is 0.766. The van der Waals surface area contributed by atoms with Gasteiger partial charge in [0.05, 0.1) is 0 Å². The van der Waals surface area contributed by atoms with Gasteiger partial charge in [-0.15, -0.1) is 0 Å². The number of piperidine rings is 1. The Hall–Kier alpha value is -0.890. The summed E-state index contributed by atoms with van der Waals surface area (Å²) in [6.45, 7) is 4.48. The second-order valence-electron chi connectivity index (χ2n) is 6.24. The lowest BCUT2D eigenvalue weighted by Gasteiger charge is -2.46. The molecule has 2 heterocycles. The van der Waals surface area contributed by atoms with E-state index < -0.39 is 6.17 Å². The summed E-state index contributed by atoms with van der Waals surface area (Å²) in [4.78, 5) is 2.45. The lowest BCUT2D eigenvalue weighted by atomic mass is 9.87. The standard InChI is InChI=1S/C16H22FN/c1-16(2,12-7-4-3-5-8-12)18-13-9-6-10-15(18)14(17)11-13/h3-5,7-8,13-15H,6,9-11H2,1-2H3. The van der Waals surface area contributed by atoms with E-state index in [9.17, 15) is 4.39 Å². The third kappa shape index (κ3) is 1.78. The highest BCUT2D eigenvalue weighted by molar-refractivity contribution is 5.24. The molecule has 0 aliphatic carbocycles. The topological polar surface area (TPSA) is 3.24 Å². The third-order valence-electron chi connectivity index (χ3n) is 4.83. The van der Waals surface area contributed by atoms with Crippen LogP contribution in [0.15, 0.2) is 30.3 Å². The van der Waals surface area contributed by atoms with Gasteiger partial charge in [0.25, 0.3) is 0 Å². The van der Waals surface area contributed by atoms with E-state index in [1.807, 2.05) is 6.07 Å². The van der Waals surface area contributed by atoms with E-state index >= 15 is 0 Å². The zero-order valence-corrected chi connectivity index (χ0v) is 11.3. The maximum absolute atomic E-state index is 14.1. The van der Waals surface area contributed by atoms with Crippen LogP contribution in [0, 0.1) is 0 Å². The molecule has 3 atom stereocenters. The number of benzene rings is 1. The van der Waals surface area contributed by atoms with Gasteiger partial charge < -0.3 is 0 Å². The Bertz CT molecular complexity index is 414. The van der Waals surface area contributed by atoms with Gasteiger partial charge in [-0.25, -0.2) is 4.39 Å². The minimum atomic E-state index is -0.625. The van der Waals surface area contributed by atoms with Crippen molar-refractivity contribution >= 4 is 0 Å². The molecule has 2 heteroatoms. The van der Waals surface area contributed by atoms with Gasteiger partial charge in [-0.05, 0) is 38.7 Å². The molecule has 98 valence electrons. The molecule has 2 fully saturated rings. The fourth-order valence-corrected chi connectivity index (χ4v) is 3.98. The van der Waals surface area contributed by atoms with E-state index in [1.165, 1.54) is 12.0 Å². The van der Waals surface area contributed by atoms with Crippen molar-refractivity contribution in [2.75, 3.05) is 0 Å². The Labute approximate surface area is 109 Å². The van der Waals surface area contributed by atoms with Crippen LogP contribution in [0.3, 0.4) is 0 Å². The lowest BCUT2D eigenvalue weighted by Crippen LogP contribution is -2.52.